The second-order valence-corrected chi connectivity index (χ2v) is 6.54. The standard InChI is InChI=1S/C17H25NO3/c1-12-15-16(21-17(2,3)20-15)14(9-10-19)18(12)11-13-7-5-4-6-8-13/h4-8,12,14-16,19H,9-11H2,1-3H3/t12-,14+,15-,16+/m1/s1. The van der Waals surface area contributed by atoms with Crippen LogP contribution < -0.4 is 0 Å². The largest absolute Gasteiger partial charge is 0.396 e. The minimum absolute atomic E-state index is 0.0471. The van der Waals surface area contributed by atoms with Gasteiger partial charge in [-0.05, 0) is 32.8 Å². The van der Waals surface area contributed by atoms with Gasteiger partial charge in [-0.25, -0.2) is 0 Å². The highest BCUT2D eigenvalue weighted by Gasteiger charge is 2.55. The number of fused-ring (bicyclic) bond motifs is 1. The van der Waals surface area contributed by atoms with Crippen molar-refractivity contribution in [3.63, 3.8) is 0 Å². The van der Waals surface area contributed by atoms with Crippen molar-refractivity contribution in [1.82, 2.24) is 4.90 Å². The molecule has 116 valence electrons. The highest BCUT2D eigenvalue weighted by Crippen LogP contribution is 2.41. The zero-order valence-electron chi connectivity index (χ0n) is 13.0. The van der Waals surface area contributed by atoms with Gasteiger partial charge in [0.1, 0.15) is 12.2 Å². The minimum atomic E-state index is -0.518. The Labute approximate surface area is 126 Å². The second-order valence-electron chi connectivity index (χ2n) is 6.54. The number of hydrogen-bond acceptors (Lipinski definition) is 4. The molecular weight excluding hydrogens is 266 g/mol. The molecule has 21 heavy (non-hydrogen) atoms. The van der Waals surface area contributed by atoms with Crippen LogP contribution in [0.2, 0.25) is 0 Å². The maximum Gasteiger partial charge on any atom is 0.163 e. The molecule has 2 aliphatic rings. The van der Waals surface area contributed by atoms with Gasteiger partial charge >= 0.3 is 0 Å². The lowest BCUT2D eigenvalue weighted by atomic mass is 10.1. The highest BCUT2D eigenvalue weighted by molar-refractivity contribution is 5.16. The Balaban J connectivity index is 1.80. The van der Waals surface area contributed by atoms with Gasteiger partial charge in [0.15, 0.2) is 5.79 Å². The van der Waals surface area contributed by atoms with Crippen LogP contribution in [0.5, 0.6) is 0 Å². The average molecular weight is 291 g/mol. The first-order chi connectivity index (χ1) is 10.0. The van der Waals surface area contributed by atoms with Crippen molar-refractivity contribution in [3.8, 4) is 0 Å². The predicted molar refractivity (Wildman–Crippen MR) is 80.8 cm³/mol. The van der Waals surface area contributed by atoms with Crippen LogP contribution in [0.15, 0.2) is 30.3 Å². The van der Waals surface area contributed by atoms with E-state index in [9.17, 15) is 5.11 Å². The Bertz CT molecular complexity index is 476. The number of benzene rings is 1. The van der Waals surface area contributed by atoms with E-state index in [1.807, 2.05) is 19.9 Å². The average Bonchev–Trinajstić information content (AvgIpc) is 2.88. The monoisotopic (exact) mass is 291 g/mol. The molecule has 0 aliphatic carbocycles. The van der Waals surface area contributed by atoms with Gasteiger partial charge < -0.3 is 14.6 Å². The van der Waals surface area contributed by atoms with Crippen molar-refractivity contribution in [1.29, 1.82) is 0 Å². The molecule has 4 nitrogen and oxygen atoms in total. The van der Waals surface area contributed by atoms with Crippen LogP contribution in [-0.2, 0) is 16.0 Å². The first kappa shape index (κ1) is 15.0. The number of likely N-dealkylation sites (tertiary alicyclic amines) is 1. The molecule has 1 N–H and O–H groups in total. The van der Waals surface area contributed by atoms with Crippen LogP contribution in [-0.4, -0.2) is 46.7 Å². The molecular formula is C17H25NO3. The lowest BCUT2D eigenvalue weighted by molar-refractivity contribution is -0.168. The molecule has 0 amide bonds. The van der Waals surface area contributed by atoms with Crippen LogP contribution >= 0.6 is 0 Å². The second kappa shape index (κ2) is 5.69. The smallest absolute Gasteiger partial charge is 0.163 e. The summed E-state index contributed by atoms with van der Waals surface area (Å²) in [6.45, 7) is 7.18. The molecule has 2 heterocycles. The molecule has 0 unspecified atom stereocenters. The molecule has 0 bridgehead atoms. The van der Waals surface area contributed by atoms with E-state index >= 15 is 0 Å². The maximum absolute atomic E-state index is 9.42. The van der Waals surface area contributed by atoms with E-state index in [0.29, 0.717) is 0 Å². The number of ether oxygens (including phenoxy) is 2. The number of hydrogen-bond donors (Lipinski definition) is 1. The van der Waals surface area contributed by atoms with Crippen molar-refractivity contribution >= 4 is 0 Å². The van der Waals surface area contributed by atoms with Crippen molar-refractivity contribution < 1.29 is 14.6 Å². The summed E-state index contributed by atoms with van der Waals surface area (Å²) < 4.78 is 12.2. The predicted octanol–water partition coefficient (Wildman–Crippen LogP) is 2.16. The minimum Gasteiger partial charge on any atom is -0.396 e. The van der Waals surface area contributed by atoms with Gasteiger partial charge in [-0.3, -0.25) is 4.90 Å². The van der Waals surface area contributed by atoms with Crippen LogP contribution in [0, 0.1) is 0 Å². The Morgan fingerprint density at radius 3 is 2.48 bits per heavy atom. The number of nitrogens with zero attached hydrogens (tertiary/aromatic N) is 1. The summed E-state index contributed by atoms with van der Waals surface area (Å²) in [5.74, 6) is -0.518. The summed E-state index contributed by atoms with van der Waals surface area (Å²) in [4.78, 5) is 2.41. The molecule has 4 heteroatoms. The van der Waals surface area contributed by atoms with Gasteiger partial charge in [0, 0.05) is 25.2 Å². The number of rotatable bonds is 4. The van der Waals surface area contributed by atoms with Crippen LogP contribution in [0.1, 0.15) is 32.8 Å². The topological polar surface area (TPSA) is 41.9 Å². The van der Waals surface area contributed by atoms with Gasteiger partial charge in [0.25, 0.3) is 0 Å². The fraction of sp³-hybridized carbons (Fsp3) is 0.647. The van der Waals surface area contributed by atoms with Gasteiger partial charge in [0.2, 0.25) is 0 Å². The van der Waals surface area contributed by atoms with Crippen LogP contribution in [0.4, 0.5) is 0 Å². The molecule has 0 aromatic heterocycles. The molecule has 4 atom stereocenters. The van der Waals surface area contributed by atoms with E-state index in [1.165, 1.54) is 5.56 Å². The fourth-order valence-electron chi connectivity index (χ4n) is 3.69. The zero-order chi connectivity index (χ0) is 15.0. The SMILES string of the molecule is C[C@@H]1[C@H]2OC(C)(C)O[C@H]2[C@H](CCO)N1Cc1ccccc1. The summed E-state index contributed by atoms with van der Waals surface area (Å²) in [7, 11) is 0. The molecule has 2 aliphatic heterocycles. The lowest BCUT2D eigenvalue weighted by Gasteiger charge is -2.32. The van der Waals surface area contributed by atoms with Gasteiger partial charge in [-0.2, -0.15) is 0 Å². The molecule has 2 fully saturated rings. The normalized spacial score (nSPS) is 35.0. The molecule has 2 saturated heterocycles. The fourth-order valence-corrected chi connectivity index (χ4v) is 3.69. The van der Waals surface area contributed by atoms with E-state index in [1.54, 1.807) is 0 Å². The Morgan fingerprint density at radius 2 is 1.81 bits per heavy atom. The van der Waals surface area contributed by atoms with E-state index in [2.05, 4.69) is 36.1 Å². The van der Waals surface area contributed by atoms with Crippen LogP contribution in [0.25, 0.3) is 0 Å². The summed E-state index contributed by atoms with van der Waals surface area (Å²) in [6, 6.07) is 10.9. The summed E-state index contributed by atoms with van der Waals surface area (Å²) in [5.41, 5.74) is 1.28. The third-order valence-corrected chi connectivity index (χ3v) is 4.60. The molecule has 0 spiro atoms. The maximum atomic E-state index is 9.42. The van der Waals surface area contributed by atoms with E-state index < -0.39 is 5.79 Å². The van der Waals surface area contributed by atoms with E-state index in [-0.39, 0.29) is 30.9 Å². The molecule has 1 aromatic carbocycles. The van der Waals surface area contributed by atoms with Gasteiger partial charge in [-0.15, -0.1) is 0 Å². The van der Waals surface area contributed by atoms with Gasteiger partial charge in [-0.1, -0.05) is 30.3 Å². The first-order valence-corrected chi connectivity index (χ1v) is 7.78. The zero-order valence-corrected chi connectivity index (χ0v) is 13.0. The summed E-state index contributed by atoms with van der Waals surface area (Å²) in [5, 5.41) is 9.42. The van der Waals surface area contributed by atoms with E-state index in [4.69, 9.17) is 9.47 Å². The molecule has 0 radical (unpaired) electrons. The quantitative estimate of drug-likeness (QED) is 0.923. The highest BCUT2D eigenvalue weighted by atomic mass is 16.8. The van der Waals surface area contributed by atoms with Crippen molar-refractivity contribution in [3.05, 3.63) is 35.9 Å². The third kappa shape index (κ3) is 2.86. The first-order valence-electron chi connectivity index (χ1n) is 7.78. The molecule has 3 rings (SSSR count). The molecule has 0 saturated carbocycles. The van der Waals surface area contributed by atoms with Crippen LogP contribution in [0.3, 0.4) is 0 Å². The Morgan fingerprint density at radius 1 is 1.14 bits per heavy atom. The number of aliphatic hydroxyl groups is 1. The van der Waals surface area contributed by atoms with Crippen molar-refractivity contribution in [2.75, 3.05) is 6.61 Å². The van der Waals surface area contributed by atoms with Crippen molar-refractivity contribution in [2.45, 2.75) is 63.8 Å². The number of aliphatic hydroxyl groups excluding tert-OH is 1. The molecule has 1 aromatic rings. The Hall–Kier alpha value is -0.940. The lowest BCUT2D eigenvalue weighted by Crippen LogP contribution is -2.41. The summed E-state index contributed by atoms with van der Waals surface area (Å²) >= 11 is 0. The Kier molecular flexibility index (Phi) is 4.06. The van der Waals surface area contributed by atoms with Crippen molar-refractivity contribution in [2.24, 2.45) is 0 Å². The third-order valence-electron chi connectivity index (χ3n) is 4.60. The summed E-state index contributed by atoms with van der Waals surface area (Å²) in [6.07, 6.45) is 0.851. The van der Waals surface area contributed by atoms with Gasteiger partial charge in [0.05, 0.1) is 0 Å². The van der Waals surface area contributed by atoms with E-state index in [0.717, 1.165) is 13.0 Å².